The number of halogens is 2. The highest BCUT2D eigenvalue weighted by molar-refractivity contribution is 9.10. The number of aromatic nitrogens is 1. The van der Waals surface area contributed by atoms with Gasteiger partial charge in [0.05, 0.1) is 24.6 Å². The summed E-state index contributed by atoms with van der Waals surface area (Å²) in [6.07, 6.45) is 1.25. The third-order valence-electron chi connectivity index (χ3n) is 2.42. The Morgan fingerprint density at radius 3 is 2.85 bits per heavy atom. The van der Waals surface area contributed by atoms with E-state index in [-0.39, 0.29) is 22.9 Å². The van der Waals surface area contributed by atoms with Crippen molar-refractivity contribution >= 4 is 27.6 Å². The average Bonchev–Trinajstić information content (AvgIpc) is 2.44. The van der Waals surface area contributed by atoms with Gasteiger partial charge in [-0.15, -0.1) is 0 Å². The number of ether oxygens (including phenoxy) is 2. The van der Waals surface area contributed by atoms with Crippen LogP contribution in [0, 0.1) is 5.82 Å². The van der Waals surface area contributed by atoms with Gasteiger partial charge in [-0.1, -0.05) is 15.9 Å². The molecule has 0 fully saturated rings. The van der Waals surface area contributed by atoms with Crippen molar-refractivity contribution in [2.75, 3.05) is 12.8 Å². The topological polar surface area (TPSA) is 74.4 Å². The molecule has 20 heavy (non-hydrogen) atoms. The van der Waals surface area contributed by atoms with Gasteiger partial charge in [-0.3, -0.25) is 0 Å². The van der Waals surface area contributed by atoms with Crippen molar-refractivity contribution in [3.63, 3.8) is 0 Å². The second-order valence-electron chi connectivity index (χ2n) is 3.78. The van der Waals surface area contributed by atoms with Crippen LogP contribution < -0.4 is 10.5 Å². The number of rotatable bonds is 3. The van der Waals surface area contributed by atoms with Crippen LogP contribution in [0.25, 0.3) is 0 Å². The van der Waals surface area contributed by atoms with E-state index in [1.54, 1.807) is 6.07 Å². The molecule has 0 amide bonds. The smallest absolute Gasteiger partial charge is 0.340 e. The maximum absolute atomic E-state index is 13.6. The fourth-order valence-electron chi connectivity index (χ4n) is 1.46. The highest BCUT2D eigenvalue weighted by Crippen LogP contribution is 2.28. The first-order valence-electron chi connectivity index (χ1n) is 5.48. The number of nitrogens with two attached hydrogens (primary N) is 1. The van der Waals surface area contributed by atoms with Crippen molar-refractivity contribution in [1.82, 2.24) is 4.98 Å². The van der Waals surface area contributed by atoms with E-state index in [0.717, 1.165) is 0 Å². The molecule has 2 N–H and O–H groups in total. The van der Waals surface area contributed by atoms with Crippen LogP contribution in [-0.4, -0.2) is 18.1 Å². The molecule has 0 aliphatic rings. The van der Waals surface area contributed by atoms with Gasteiger partial charge >= 0.3 is 5.97 Å². The normalized spacial score (nSPS) is 10.2. The first kappa shape index (κ1) is 14.3. The number of pyridine rings is 1. The molecule has 0 aliphatic heterocycles. The van der Waals surface area contributed by atoms with Crippen molar-refractivity contribution in [2.45, 2.75) is 0 Å². The molecular weight excluding hydrogens is 331 g/mol. The summed E-state index contributed by atoms with van der Waals surface area (Å²) in [5, 5.41) is 0. The number of carbonyl (C=O) groups is 1. The Morgan fingerprint density at radius 1 is 1.40 bits per heavy atom. The van der Waals surface area contributed by atoms with Gasteiger partial charge in [0.25, 0.3) is 0 Å². The number of nitrogen functional groups attached to an aromatic ring is 1. The van der Waals surface area contributed by atoms with Gasteiger partial charge in [0.2, 0.25) is 5.88 Å². The molecule has 0 aliphatic carbocycles. The lowest BCUT2D eigenvalue weighted by Crippen LogP contribution is -2.06. The van der Waals surface area contributed by atoms with E-state index >= 15 is 0 Å². The Labute approximate surface area is 122 Å². The summed E-state index contributed by atoms with van der Waals surface area (Å²) in [6.45, 7) is 0. The predicted molar refractivity (Wildman–Crippen MR) is 74.2 cm³/mol. The summed E-state index contributed by atoms with van der Waals surface area (Å²) in [5.41, 5.74) is 5.87. The Bertz CT molecular complexity index is 664. The summed E-state index contributed by atoms with van der Waals surface area (Å²) >= 11 is 3.21. The Morgan fingerprint density at radius 2 is 2.15 bits per heavy atom. The van der Waals surface area contributed by atoms with Gasteiger partial charge in [0.1, 0.15) is 0 Å². The minimum Gasteiger partial charge on any atom is -0.465 e. The fraction of sp³-hybridized carbons (Fsp3) is 0.0769. The van der Waals surface area contributed by atoms with E-state index in [1.165, 1.54) is 31.5 Å². The van der Waals surface area contributed by atoms with E-state index in [2.05, 4.69) is 25.7 Å². The standard InChI is InChI=1S/C13H10BrFN2O3/c1-19-13(18)8-5-12(17-6-10(8)16)20-11-4-7(14)2-3-9(11)15/h2-6H,16H2,1H3. The second-order valence-corrected chi connectivity index (χ2v) is 4.69. The molecule has 0 spiro atoms. The SMILES string of the molecule is COC(=O)c1cc(Oc2cc(Br)ccc2F)ncc1N. The molecule has 1 heterocycles. The maximum atomic E-state index is 13.6. The van der Waals surface area contributed by atoms with Gasteiger partial charge in [0, 0.05) is 10.5 Å². The number of nitrogens with zero attached hydrogens (tertiary/aromatic N) is 1. The zero-order valence-electron chi connectivity index (χ0n) is 10.4. The van der Waals surface area contributed by atoms with Crippen LogP contribution in [-0.2, 0) is 4.74 Å². The Balaban J connectivity index is 2.34. The van der Waals surface area contributed by atoms with E-state index < -0.39 is 11.8 Å². The van der Waals surface area contributed by atoms with Gasteiger partial charge in [0.15, 0.2) is 11.6 Å². The fourth-order valence-corrected chi connectivity index (χ4v) is 1.80. The number of benzene rings is 1. The molecule has 0 atom stereocenters. The van der Waals surface area contributed by atoms with E-state index in [0.29, 0.717) is 4.47 Å². The average molecular weight is 341 g/mol. The molecule has 1 aromatic heterocycles. The van der Waals surface area contributed by atoms with Gasteiger partial charge in [-0.2, -0.15) is 0 Å². The van der Waals surface area contributed by atoms with Crippen LogP contribution in [0.15, 0.2) is 34.9 Å². The molecule has 2 aromatic rings. The van der Waals surface area contributed by atoms with Crippen LogP contribution in [0.1, 0.15) is 10.4 Å². The number of carbonyl (C=O) groups excluding carboxylic acids is 1. The van der Waals surface area contributed by atoms with E-state index in [9.17, 15) is 9.18 Å². The second kappa shape index (κ2) is 5.87. The zero-order chi connectivity index (χ0) is 14.7. The molecular formula is C13H10BrFN2O3. The lowest BCUT2D eigenvalue weighted by Gasteiger charge is -2.08. The van der Waals surface area contributed by atoms with Crippen LogP contribution >= 0.6 is 15.9 Å². The number of esters is 1. The van der Waals surface area contributed by atoms with Crippen molar-refractivity contribution in [3.05, 3.63) is 46.3 Å². The van der Waals surface area contributed by atoms with Gasteiger partial charge in [-0.05, 0) is 18.2 Å². The lowest BCUT2D eigenvalue weighted by molar-refractivity contribution is 0.0601. The Hall–Kier alpha value is -2.15. The molecule has 5 nitrogen and oxygen atoms in total. The molecule has 0 saturated carbocycles. The van der Waals surface area contributed by atoms with Crippen LogP contribution in [0.3, 0.4) is 0 Å². The molecule has 0 saturated heterocycles. The minimum atomic E-state index is -0.621. The first-order valence-corrected chi connectivity index (χ1v) is 6.27. The first-order chi connectivity index (χ1) is 9.51. The lowest BCUT2D eigenvalue weighted by atomic mass is 10.2. The summed E-state index contributed by atoms with van der Waals surface area (Å²) in [5.74, 6) is -1.15. The molecule has 0 bridgehead atoms. The third kappa shape index (κ3) is 3.05. The Kier molecular flexibility index (Phi) is 4.19. The van der Waals surface area contributed by atoms with Crippen molar-refractivity contribution < 1.29 is 18.7 Å². The van der Waals surface area contributed by atoms with Crippen molar-refractivity contribution in [2.24, 2.45) is 0 Å². The number of hydrogen-bond acceptors (Lipinski definition) is 5. The summed E-state index contributed by atoms with van der Waals surface area (Å²) in [6, 6.07) is 5.53. The van der Waals surface area contributed by atoms with E-state index in [4.69, 9.17) is 10.5 Å². The van der Waals surface area contributed by atoms with E-state index in [1.807, 2.05) is 0 Å². The van der Waals surface area contributed by atoms with Crippen LogP contribution in [0.2, 0.25) is 0 Å². The van der Waals surface area contributed by atoms with Crippen molar-refractivity contribution in [1.29, 1.82) is 0 Å². The highest BCUT2D eigenvalue weighted by atomic mass is 79.9. The monoisotopic (exact) mass is 340 g/mol. The number of hydrogen-bond donors (Lipinski definition) is 1. The quantitative estimate of drug-likeness (QED) is 0.868. The molecule has 7 heteroatoms. The van der Waals surface area contributed by atoms with Crippen molar-refractivity contribution in [3.8, 4) is 11.6 Å². The molecule has 0 radical (unpaired) electrons. The largest absolute Gasteiger partial charge is 0.465 e. The summed E-state index contributed by atoms with van der Waals surface area (Å²) in [4.78, 5) is 15.4. The number of methoxy groups -OCH3 is 1. The summed E-state index contributed by atoms with van der Waals surface area (Å²) < 4.78 is 24.1. The molecule has 104 valence electrons. The maximum Gasteiger partial charge on any atom is 0.340 e. The highest BCUT2D eigenvalue weighted by Gasteiger charge is 2.14. The minimum absolute atomic E-state index is 0.0209. The van der Waals surface area contributed by atoms with Crippen LogP contribution in [0.4, 0.5) is 10.1 Å². The van der Waals surface area contributed by atoms with Crippen LogP contribution in [0.5, 0.6) is 11.6 Å². The molecule has 2 rings (SSSR count). The third-order valence-corrected chi connectivity index (χ3v) is 2.92. The van der Waals surface area contributed by atoms with Gasteiger partial charge in [-0.25, -0.2) is 14.2 Å². The molecule has 0 unspecified atom stereocenters. The molecule has 1 aromatic carbocycles. The summed E-state index contributed by atoms with van der Waals surface area (Å²) in [7, 11) is 1.23. The zero-order valence-corrected chi connectivity index (χ0v) is 12.0. The van der Waals surface area contributed by atoms with Gasteiger partial charge < -0.3 is 15.2 Å². The number of anilines is 1. The predicted octanol–water partition coefficient (Wildman–Crippen LogP) is 3.14.